The van der Waals surface area contributed by atoms with Gasteiger partial charge in [0.05, 0.1) is 5.69 Å². The van der Waals surface area contributed by atoms with Crippen LogP contribution in [0.2, 0.25) is 0 Å². The first kappa shape index (κ1) is 19.7. The number of carbonyl (C=O) groups excluding carboxylic acids is 2. The van der Waals surface area contributed by atoms with Crippen LogP contribution in [0.25, 0.3) is 0 Å². The standard InChI is InChI=1S/C23H22N2O2S/c1-16(2)22(26)24-18-14-12-17(13-15-18)23(27)25-20-10-6-7-11-21(20)28-19-8-4-3-5-9-19/h3-16H,1-2H3,(H,24,26)(H,25,27). The number of para-hydroxylation sites is 1. The number of nitrogens with one attached hydrogen (secondary N) is 2. The lowest BCUT2D eigenvalue weighted by Gasteiger charge is -2.12. The van der Waals surface area contributed by atoms with Crippen LogP contribution in [0.15, 0.2) is 88.7 Å². The molecule has 0 heterocycles. The average Bonchev–Trinajstić information content (AvgIpc) is 2.70. The van der Waals surface area contributed by atoms with Crippen molar-refractivity contribution in [2.45, 2.75) is 23.6 Å². The Bertz CT molecular complexity index is 954. The fourth-order valence-electron chi connectivity index (χ4n) is 2.46. The van der Waals surface area contributed by atoms with Crippen molar-refractivity contribution in [3.8, 4) is 0 Å². The molecule has 0 aliphatic heterocycles. The van der Waals surface area contributed by atoms with E-state index in [1.54, 1.807) is 36.0 Å². The molecular weight excluding hydrogens is 368 g/mol. The molecule has 4 nitrogen and oxygen atoms in total. The van der Waals surface area contributed by atoms with Crippen molar-refractivity contribution in [3.05, 3.63) is 84.4 Å². The number of hydrogen-bond acceptors (Lipinski definition) is 3. The molecular formula is C23H22N2O2S. The highest BCUT2D eigenvalue weighted by molar-refractivity contribution is 7.99. The zero-order chi connectivity index (χ0) is 19.9. The Labute approximate surface area is 169 Å². The minimum absolute atomic E-state index is 0.0518. The average molecular weight is 391 g/mol. The first-order valence-corrected chi connectivity index (χ1v) is 9.89. The number of benzene rings is 3. The lowest BCUT2D eigenvalue weighted by molar-refractivity contribution is -0.118. The minimum Gasteiger partial charge on any atom is -0.326 e. The summed E-state index contributed by atoms with van der Waals surface area (Å²) in [6.45, 7) is 3.67. The number of carbonyl (C=O) groups is 2. The number of anilines is 2. The van der Waals surface area contributed by atoms with Crippen LogP contribution >= 0.6 is 11.8 Å². The van der Waals surface area contributed by atoms with Crippen LogP contribution in [0.5, 0.6) is 0 Å². The SMILES string of the molecule is CC(C)C(=O)Nc1ccc(C(=O)Nc2ccccc2Sc2ccccc2)cc1. The van der Waals surface area contributed by atoms with Gasteiger partial charge in [-0.15, -0.1) is 0 Å². The van der Waals surface area contributed by atoms with E-state index >= 15 is 0 Å². The Morgan fingerprint density at radius 2 is 1.43 bits per heavy atom. The summed E-state index contributed by atoms with van der Waals surface area (Å²) in [7, 11) is 0. The van der Waals surface area contributed by atoms with Gasteiger partial charge in [-0.1, -0.05) is 55.9 Å². The van der Waals surface area contributed by atoms with Gasteiger partial charge in [-0.3, -0.25) is 9.59 Å². The van der Waals surface area contributed by atoms with E-state index in [0.717, 1.165) is 15.5 Å². The maximum atomic E-state index is 12.7. The summed E-state index contributed by atoms with van der Waals surface area (Å²) in [5, 5.41) is 5.80. The molecule has 28 heavy (non-hydrogen) atoms. The highest BCUT2D eigenvalue weighted by Crippen LogP contribution is 2.33. The zero-order valence-electron chi connectivity index (χ0n) is 15.8. The fraction of sp³-hybridized carbons (Fsp3) is 0.130. The molecule has 2 N–H and O–H groups in total. The monoisotopic (exact) mass is 390 g/mol. The Hall–Kier alpha value is -3.05. The van der Waals surface area contributed by atoms with Gasteiger partial charge in [0.2, 0.25) is 5.91 Å². The van der Waals surface area contributed by atoms with E-state index in [4.69, 9.17) is 0 Å². The van der Waals surface area contributed by atoms with Gasteiger partial charge in [-0.2, -0.15) is 0 Å². The van der Waals surface area contributed by atoms with E-state index in [1.807, 2.05) is 68.4 Å². The second-order valence-corrected chi connectivity index (χ2v) is 7.70. The first-order valence-electron chi connectivity index (χ1n) is 9.07. The number of amides is 2. The molecule has 0 radical (unpaired) electrons. The van der Waals surface area contributed by atoms with Gasteiger partial charge in [-0.05, 0) is 48.5 Å². The maximum absolute atomic E-state index is 12.7. The normalized spacial score (nSPS) is 10.5. The van der Waals surface area contributed by atoms with Crippen molar-refractivity contribution in [3.63, 3.8) is 0 Å². The molecule has 0 bridgehead atoms. The van der Waals surface area contributed by atoms with Crippen molar-refractivity contribution in [1.29, 1.82) is 0 Å². The zero-order valence-corrected chi connectivity index (χ0v) is 16.6. The molecule has 3 aromatic rings. The largest absolute Gasteiger partial charge is 0.326 e. The molecule has 0 atom stereocenters. The predicted molar refractivity (Wildman–Crippen MR) is 115 cm³/mol. The Morgan fingerprint density at radius 3 is 2.11 bits per heavy atom. The van der Waals surface area contributed by atoms with Gasteiger partial charge >= 0.3 is 0 Å². The van der Waals surface area contributed by atoms with E-state index in [1.165, 1.54) is 0 Å². The summed E-state index contributed by atoms with van der Waals surface area (Å²) in [6, 6.07) is 24.6. The van der Waals surface area contributed by atoms with Crippen molar-refractivity contribution < 1.29 is 9.59 Å². The van der Waals surface area contributed by atoms with E-state index < -0.39 is 0 Å². The molecule has 0 aliphatic carbocycles. The minimum atomic E-state index is -0.192. The summed E-state index contributed by atoms with van der Waals surface area (Å²) in [4.78, 5) is 26.5. The highest BCUT2D eigenvalue weighted by atomic mass is 32.2. The van der Waals surface area contributed by atoms with Gasteiger partial charge in [0.15, 0.2) is 0 Å². The van der Waals surface area contributed by atoms with Gasteiger partial charge < -0.3 is 10.6 Å². The molecule has 3 rings (SSSR count). The van der Waals surface area contributed by atoms with Crippen molar-refractivity contribution in [2.24, 2.45) is 5.92 Å². The topological polar surface area (TPSA) is 58.2 Å². The van der Waals surface area contributed by atoms with E-state index in [-0.39, 0.29) is 17.7 Å². The van der Waals surface area contributed by atoms with Crippen LogP contribution < -0.4 is 10.6 Å². The van der Waals surface area contributed by atoms with Crippen LogP contribution in [0.3, 0.4) is 0 Å². The lowest BCUT2D eigenvalue weighted by atomic mass is 10.1. The lowest BCUT2D eigenvalue weighted by Crippen LogP contribution is -2.18. The van der Waals surface area contributed by atoms with Gasteiger partial charge in [0.1, 0.15) is 0 Å². The highest BCUT2D eigenvalue weighted by Gasteiger charge is 2.11. The number of hydrogen-bond donors (Lipinski definition) is 2. The van der Waals surface area contributed by atoms with E-state index in [9.17, 15) is 9.59 Å². The van der Waals surface area contributed by atoms with Crippen LogP contribution in [0.1, 0.15) is 24.2 Å². The molecule has 5 heteroatoms. The van der Waals surface area contributed by atoms with Crippen LogP contribution in [0.4, 0.5) is 11.4 Å². The molecule has 0 aliphatic rings. The molecule has 3 aromatic carbocycles. The van der Waals surface area contributed by atoms with E-state index in [2.05, 4.69) is 10.6 Å². The smallest absolute Gasteiger partial charge is 0.255 e. The van der Waals surface area contributed by atoms with Crippen molar-refractivity contribution in [2.75, 3.05) is 10.6 Å². The second-order valence-electron chi connectivity index (χ2n) is 6.59. The summed E-state index contributed by atoms with van der Waals surface area (Å²) in [6.07, 6.45) is 0. The summed E-state index contributed by atoms with van der Waals surface area (Å²) in [5.41, 5.74) is 1.97. The molecule has 0 spiro atoms. The summed E-state index contributed by atoms with van der Waals surface area (Å²) >= 11 is 1.60. The Morgan fingerprint density at radius 1 is 0.786 bits per heavy atom. The molecule has 0 unspecified atom stereocenters. The Kier molecular flexibility index (Phi) is 6.50. The van der Waals surface area contributed by atoms with Crippen molar-refractivity contribution >= 4 is 35.0 Å². The first-order chi connectivity index (χ1) is 13.5. The third kappa shape index (κ3) is 5.24. The molecule has 0 saturated carbocycles. The summed E-state index contributed by atoms with van der Waals surface area (Å²) < 4.78 is 0. The van der Waals surface area contributed by atoms with Gasteiger partial charge in [-0.25, -0.2) is 0 Å². The Balaban J connectivity index is 1.70. The quantitative estimate of drug-likeness (QED) is 0.569. The van der Waals surface area contributed by atoms with Crippen molar-refractivity contribution in [1.82, 2.24) is 0 Å². The molecule has 0 saturated heterocycles. The third-order valence-corrected chi connectivity index (χ3v) is 5.13. The fourth-order valence-corrected chi connectivity index (χ4v) is 3.38. The molecule has 142 valence electrons. The van der Waals surface area contributed by atoms with Crippen LogP contribution in [-0.2, 0) is 4.79 Å². The van der Waals surface area contributed by atoms with Gasteiger partial charge in [0, 0.05) is 27.0 Å². The van der Waals surface area contributed by atoms with E-state index in [0.29, 0.717) is 11.3 Å². The van der Waals surface area contributed by atoms with Crippen LogP contribution in [-0.4, -0.2) is 11.8 Å². The number of rotatable bonds is 6. The van der Waals surface area contributed by atoms with Crippen LogP contribution in [0, 0.1) is 5.92 Å². The predicted octanol–water partition coefficient (Wildman–Crippen LogP) is 5.68. The molecule has 0 aromatic heterocycles. The summed E-state index contributed by atoms with van der Waals surface area (Å²) in [5.74, 6) is -0.339. The second kappa shape index (κ2) is 9.24. The molecule has 0 fully saturated rings. The van der Waals surface area contributed by atoms with Gasteiger partial charge in [0.25, 0.3) is 5.91 Å². The third-order valence-electron chi connectivity index (χ3n) is 4.05. The molecule has 2 amide bonds. The maximum Gasteiger partial charge on any atom is 0.255 e.